The molecule has 0 aliphatic carbocycles. The Labute approximate surface area is 137 Å². The Kier molecular flexibility index (Phi) is 4.68. The number of rotatable bonds is 3. The fraction of sp³-hybridized carbons (Fsp3) is 0.625. The molecular formula is C16H23N3O3S. The van der Waals surface area contributed by atoms with E-state index < -0.39 is 9.84 Å². The third-order valence-corrected chi connectivity index (χ3v) is 6.47. The van der Waals surface area contributed by atoms with Crippen molar-refractivity contribution in [2.75, 3.05) is 37.7 Å². The smallest absolute Gasteiger partial charge is 0.227 e. The van der Waals surface area contributed by atoms with E-state index in [1.807, 2.05) is 24.0 Å². The highest BCUT2D eigenvalue weighted by Crippen LogP contribution is 2.19. The molecule has 1 aromatic rings. The molecule has 1 aromatic heterocycles. The molecule has 3 rings (SSSR count). The molecule has 0 spiro atoms. The van der Waals surface area contributed by atoms with Crippen LogP contribution in [0.3, 0.4) is 0 Å². The van der Waals surface area contributed by atoms with Crippen molar-refractivity contribution in [2.24, 2.45) is 0 Å². The molecule has 126 valence electrons. The molecule has 2 saturated heterocycles. The molecule has 0 unspecified atom stereocenters. The Hall–Kier alpha value is -1.47. The van der Waals surface area contributed by atoms with Crippen LogP contribution in [0.5, 0.6) is 0 Å². The third-order valence-electron chi connectivity index (χ3n) is 4.72. The molecule has 3 heterocycles. The molecule has 1 atom stereocenters. The van der Waals surface area contributed by atoms with Gasteiger partial charge in [0.25, 0.3) is 0 Å². The van der Waals surface area contributed by atoms with Crippen molar-refractivity contribution in [2.45, 2.75) is 25.8 Å². The second-order valence-corrected chi connectivity index (χ2v) is 8.69. The van der Waals surface area contributed by atoms with Crippen molar-refractivity contribution in [3.63, 3.8) is 0 Å². The Morgan fingerprint density at radius 3 is 2.57 bits per heavy atom. The average Bonchev–Trinajstić information content (AvgIpc) is 2.90. The van der Waals surface area contributed by atoms with Crippen LogP contribution in [0.15, 0.2) is 18.3 Å². The summed E-state index contributed by atoms with van der Waals surface area (Å²) in [6.07, 6.45) is 2.86. The van der Waals surface area contributed by atoms with Crippen molar-refractivity contribution < 1.29 is 13.2 Å². The van der Waals surface area contributed by atoms with Gasteiger partial charge < -0.3 is 4.90 Å². The van der Waals surface area contributed by atoms with Crippen molar-refractivity contribution >= 4 is 15.7 Å². The maximum Gasteiger partial charge on any atom is 0.227 e. The summed E-state index contributed by atoms with van der Waals surface area (Å²) in [6.45, 7) is 4.80. The second-order valence-electron chi connectivity index (χ2n) is 6.46. The molecule has 2 aliphatic rings. The fourth-order valence-electron chi connectivity index (χ4n) is 3.29. The monoisotopic (exact) mass is 337 g/mol. The molecule has 2 fully saturated rings. The van der Waals surface area contributed by atoms with Gasteiger partial charge in [-0.1, -0.05) is 6.07 Å². The first-order valence-corrected chi connectivity index (χ1v) is 9.89. The van der Waals surface area contributed by atoms with E-state index in [1.54, 1.807) is 6.20 Å². The molecule has 2 aliphatic heterocycles. The largest absolute Gasteiger partial charge is 0.340 e. The van der Waals surface area contributed by atoms with Gasteiger partial charge in [-0.25, -0.2) is 8.42 Å². The van der Waals surface area contributed by atoms with E-state index in [9.17, 15) is 13.2 Å². The lowest BCUT2D eigenvalue weighted by Gasteiger charge is -2.37. The van der Waals surface area contributed by atoms with Gasteiger partial charge in [-0.3, -0.25) is 14.7 Å². The Morgan fingerprint density at radius 2 is 2.00 bits per heavy atom. The van der Waals surface area contributed by atoms with Crippen molar-refractivity contribution in [1.82, 2.24) is 14.8 Å². The normalized spacial score (nSPS) is 24.7. The van der Waals surface area contributed by atoms with Gasteiger partial charge >= 0.3 is 0 Å². The maximum absolute atomic E-state index is 12.4. The molecule has 0 saturated carbocycles. The lowest BCUT2D eigenvalue weighted by molar-refractivity contribution is -0.132. The highest BCUT2D eigenvalue weighted by molar-refractivity contribution is 7.91. The number of aromatic nitrogens is 1. The number of sulfone groups is 1. The van der Waals surface area contributed by atoms with Gasteiger partial charge in [0.2, 0.25) is 5.91 Å². The predicted octanol–water partition coefficient (Wildman–Crippen LogP) is 0.264. The van der Waals surface area contributed by atoms with Gasteiger partial charge in [-0.05, 0) is 25.0 Å². The van der Waals surface area contributed by atoms with E-state index >= 15 is 0 Å². The topological polar surface area (TPSA) is 70.6 Å². The first-order chi connectivity index (χ1) is 10.9. The Morgan fingerprint density at radius 1 is 1.26 bits per heavy atom. The number of nitrogens with zero attached hydrogens (tertiary/aromatic N) is 3. The van der Waals surface area contributed by atoms with Gasteiger partial charge in [0.05, 0.1) is 17.9 Å². The average molecular weight is 337 g/mol. The second kappa shape index (κ2) is 6.57. The summed E-state index contributed by atoms with van der Waals surface area (Å²) in [5.41, 5.74) is 1.88. The van der Waals surface area contributed by atoms with Crippen LogP contribution in [0.25, 0.3) is 0 Å². The van der Waals surface area contributed by atoms with Crippen molar-refractivity contribution in [3.8, 4) is 0 Å². The molecule has 0 aromatic carbocycles. The number of pyridine rings is 1. The predicted molar refractivity (Wildman–Crippen MR) is 87.9 cm³/mol. The third kappa shape index (κ3) is 4.09. The molecule has 6 nitrogen and oxygen atoms in total. The van der Waals surface area contributed by atoms with Crippen LogP contribution in [0.2, 0.25) is 0 Å². The Bertz CT molecular complexity index is 664. The first-order valence-electron chi connectivity index (χ1n) is 8.07. The zero-order valence-corrected chi connectivity index (χ0v) is 14.3. The van der Waals surface area contributed by atoms with E-state index in [0.29, 0.717) is 25.3 Å². The molecule has 0 radical (unpaired) electrons. The highest BCUT2D eigenvalue weighted by Gasteiger charge is 2.34. The zero-order valence-electron chi connectivity index (χ0n) is 13.4. The Balaban J connectivity index is 1.50. The maximum atomic E-state index is 12.4. The van der Waals surface area contributed by atoms with E-state index in [2.05, 4.69) is 9.88 Å². The van der Waals surface area contributed by atoms with Gasteiger partial charge in [0.1, 0.15) is 0 Å². The lowest BCUT2D eigenvalue weighted by atomic mass is 10.1. The number of hydrogen-bond acceptors (Lipinski definition) is 5. The van der Waals surface area contributed by atoms with E-state index in [0.717, 1.165) is 30.8 Å². The van der Waals surface area contributed by atoms with Crippen LogP contribution in [0.1, 0.15) is 17.7 Å². The molecule has 1 amide bonds. The highest BCUT2D eigenvalue weighted by atomic mass is 32.2. The first kappa shape index (κ1) is 16.4. The minimum atomic E-state index is -2.85. The van der Waals surface area contributed by atoms with Crippen LogP contribution in [0.4, 0.5) is 0 Å². The number of hydrogen-bond donors (Lipinski definition) is 0. The summed E-state index contributed by atoms with van der Waals surface area (Å²) < 4.78 is 23.2. The fourth-order valence-corrected chi connectivity index (χ4v) is 5.05. The van der Waals surface area contributed by atoms with Crippen LogP contribution in [-0.2, 0) is 21.1 Å². The van der Waals surface area contributed by atoms with Gasteiger partial charge in [-0.15, -0.1) is 0 Å². The number of piperazine rings is 1. The standard InChI is InChI=1S/C16H23N3O3S/c1-13-2-3-14(11-17-13)10-16(20)19-7-5-18(6-8-19)15-4-9-23(21,22)12-15/h2-3,11,15H,4-10,12H2,1H3/t15-/m0/s1. The summed E-state index contributed by atoms with van der Waals surface area (Å²) in [5, 5.41) is 0. The van der Waals surface area contributed by atoms with Crippen molar-refractivity contribution in [1.29, 1.82) is 0 Å². The summed E-state index contributed by atoms with van der Waals surface area (Å²) in [4.78, 5) is 20.7. The van der Waals surface area contributed by atoms with Gasteiger partial charge in [0, 0.05) is 44.1 Å². The van der Waals surface area contributed by atoms with Crippen molar-refractivity contribution in [3.05, 3.63) is 29.6 Å². The molecule has 0 N–H and O–H groups in total. The van der Waals surface area contributed by atoms with Crippen LogP contribution < -0.4 is 0 Å². The molecule has 23 heavy (non-hydrogen) atoms. The van der Waals surface area contributed by atoms with E-state index in [1.165, 1.54) is 0 Å². The number of carbonyl (C=O) groups excluding carboxylic acids is 1. The number of aryl methyl sites for hydroxylation is 1. The van der Waals surface area contributed by atoms with E-state index in [-0.39, 0.29) is 17.7 Å². The molecule has 0 bridgehead atoms. The lowest BCUT2D eigenvalue weighted by Crippen LogP contribution is -2.52. The molecule has 7 heteroatoms. The summed E-state index contributed by atoms with van der Waals surface area (Å²) in [7, 11) is -2.85. The summed E-state index contributed by atoms with van der Waals surface area (Å²) in [6, 6.07) is 4.00. The zero-order chi connectivity index (χ0) is 16.4. The van der Waals surface area contributed by atoms with Crippen LogP contribution in [-0.4, -0.2) is 72.8 Å². The van der Waals surface area contributed by atoms with E-state index in [4.69, 9.17) is 0 Å². The van der Waals surface area contributed by atoms with Crippen LogP contribution in [0, 0.1) is 6.92 Å². The molecular weight excluding hydrogens is 314 g/mol. The minimum absolute atomic E-state index is 0.120. The van der Waals surface area contributed by atoms with Gasteiger partial charge in [-0.2, -0.15) is 0 Å². The quantitative estimate of drug-likeness (QED) is 0.791. The number of amides is 1. The summed E-state index contributed by atoms with van der Waals surface area (Å²) >= 11 is 0. The SMILES string of the molecule is Cc1ccc(CC(=O)N2CCN([C@H]3CCS(=O)(=O)C3)CC2)cn1. The summed E-state index contributed by atoms with van der Waals surface area (Å²) in [5.74, 6) is 0.696. The minimum Gasteiger partial charge on any atom is -0.340 e. The van der Waals surface area contributed by atoms with Gasteiger partial charge in [0.15, 0.2) is 9.84 Å². The van der Waals surface area contributed by atoms with Crippen LogP contribution >= 0.6 is 0 Å². The number of carbonyl (C=O) groups is 1.